The molecule has 0 radical (unpaired) electrons. The van der Waals surface area contributed by atoms with Crippen molar-refractivity contribution in [2.45, 2.75) is 6.42 Å². The van der Waals surface area contributed by atoms with Crippen LogP contribution >= 0.6 is 0 Å². The van der Waals surface area contributed by atoms with Gasteiger partial charge in [-0.1, -0.05) is 6.07 Å². The fourth-order valence-electron chi connectivity index (χ4n) is 1.57. The number of ether oxygens (including phenoxy) is 1. The highest BCUT2D eigenvalue weighted by Gasteiger charge is 2.17. The van der Waals surface area contributed by atoms with Crippen LogP contribution in [0.5, 0.6) is 5.75 Å². The Hall–Kier alpha value is -2.04. The van der Waals surface area contributed by atoms with Crippen molar-refractivity contribution in [3.8, 4) is 5.75 Å². The fourth-order valence-corrected chi connectivity index (χ4v) is 1.57. The zero-order chi connectivity index (χ0) is 10.8. The van der Waals surface area contributed by atoms with E-state index in [-0.39, 0.29) is 5.91 Å². The summed E-state index contributed by atoms with van der Waals surface area (Å²) in [6.07, 6.45) is -0.0936. The average molecular weight is 206 g/mol. The van der Waals surface area contributed by atoms with Crippen molar-refractivity contribution in [2.75, 3.05) is 6.54 Å². The Morgan fingerprint density at radius 1 is 1.47 bits per heavy atom. The molecule has 0 atom stereocenters. The Morgan fingerprint density at radius 2 is 2.27 bits per heavy atom. The minimum atomic E-state index is -0.883. The molecule has 0 spiro atoms. The number of fused-ring (bicyclic) bond motifs is 1. The number of benzene rings is 1. The lowest BCUT2D eigenvalue weighted by Crippen LogP contribution is -2.31. The van der Waals surface area contributed by atoms with Crippen LogP contribution in [0.3, 0.4) is 0 Å². The molecule has 5 nitrogen and oxygen atoms in total. The van der Waals surface area contributed by atoms with Crippen LogP contribution < -0.4 is 15.8 Å². The molecule has 0 bridgehead atoms. The predicted molar refractivity (Wildman–Crippen MR) is 52.7 cm³/mol. The third kappa shape index (κ3) is 1.90. The number of nitrogens with one attached hydrogen (secondary N) is 1. The topological polar surface area (TPSA) is 81.4 Å². The molecule has 3 N–H and O–H groups in total. The van der Waals surface area contributed by atoms with Crippen LogP contribution in [0, 0.1) is 0 Å². The maximum atomic E-state index is 11.4. The predicted octanol–water partition coefficient (Wildman–Crippen LogP) is 0.430. The van der Waals surface area contributed by atoms with E-state index in [0.29, 0.717) is 17.9 Å². The van der Waals surface area contributed by atoms with Crippen molar-refractivity contribution in [3.05, 3.63) is 29.3 Å². The van der Waals surface area contributed by atoms with Crippen molar-refractivity contribution in [1.29, 1.82) is 0 Å². The van der Waals surface area contributed by atoms with Gasteiger partial charge in [-0.05, 0) is 24.1 Å². The highest BCUT2D eigenvalue weighted by atomic mass is 16.5. The van der Waals surface area contributed by atoms with Gasteiger partial charge in [0.05, 0.1) is 0 Å². The lowest BCUT2D eigenvalue weighted by molar-refractivity contribution is 0.0945. The zero-order valence-electron chi connectivity index (χ0n) is 7.95. The number of rotatable bonds is 1. The van der Waals surface area contributed by atoms with Crippen LogP contribution in [0.2, 0.25) is 0 Å². The quantitative estimate of drug-likeness (QED) is 0.699. The molecular formula is C10H10N2O3. The first-order chi connectivity index (χ1) is 7.16. The maximum Gasteiger partial charge on any atom is 0.409 e. The fraction of sp³-hybridized carbons (Fsp3) is 0.200. The molecule has 0 saturated heterocycles. The van der Waals surface area contributed by atoms with E-state index in [1.807, 2.05) is 0 Å². The lowest BCUT2D eigenvalue weighted by atomic mass is 10.0. The molecule has 5 heteroatoms. The monoisotopic (exact) mass is 206 g/mol. The summed E-state index contributed by atoms with van der Waals surface area (Å²) in [5, 5.41) is 2.71. The number of hydrogen-bond acceptors (Lipinski definition) is 3. The number of primary amides is 1. The Kier molecular flexibility index (Phi) is 2.29. The van der Waals surface area contributed by atoms with Gasteiger partial charge in [-0.2, -0.15) is 0 Å². The number of nitrogens with two attached hydrogens (primary N) is 1. The van der Waals surface area contributed by atoms with Gasteiger partial charge in [0.25, 0.3) is 5.91 Å². The highest BCUT2D eigenvalue weighted by Crippen LogP contribution is 2.20. The van der Waals surface area contributed by atoms with E-state index in [0.717, 1.165) is 12.0 Å². The van der Waals surface area contributed by atoms with Gasteiger partial charge in [0.2, 0.25) is 0 Å². The van der Waals surface area contributed by atoms with Gasteiger partial charge in [0, 0.05) is 12.1 Å². The van der Waals surface area contributed by atoms with Gasteiger partial charge in [-0.3, -0.25) is 4.79 Å². The minimum absolute atomic E-state index is 0.147. The third-order valence-electron chi connectivity index (χ3n) is 2.22. The highest BCUT2D eigenvalue weighted by molar-refractivity contribution is 5.97. The normalized spacial score (nSPS) is 14.0. The second-order valence-electron chi connectivity index (χ2n) is 3.25. The largest absolute Gasteiger partial charge is 0.410 e. The summed E-state index contributed by atoms with van der Waals surface area (Å²) in [6.45, 7) is 0.641. The molecule has 1 aromatic rings. The van der Waals surface area contributed by atoms with E-state index in [4.69, 9.17) is 5.73 Å². The zero-order valence-corrected chi connectivity index (χ0v) is 7.95. The second-order valence-corrected chi connectivity index (χ2v) is 3.25. The van der Waals surface area contributed by atoms with Crippen LogP contribution in [-0.4, -0.2) is 18.5 Å². The molecule has 0 aliphatic carbocycles. The van der Waals surface area contributed by atoms with E-state index < -0.39 is 6.09 Å². The standard InChI is InChI=1S/C10H10N2O3/c11-10(14)15-7-2-1-6-3-4-12-9(13)8(6)5-7/h1-2,5H,3-4H2,(H2,11,14)(H,12,13). The first-order valence-electron chi connectivity index (χ1n) is 4.55. The molecule has 1 aliphatic heterocycles. The molecular weight excluding hydrogens is 196 g/mol. The molecule has 0 unspecified atom stereocenters. The van der Waals surface area contributed by atoms with Crippen molar-refractivity contribution in [1.82, 2.24) is 5.32 Å². The molecule has 15 heavy (non-hydrogen) atoms. The summed E-state index contributed by atoms with van der Waals surface area (Å²) in [5.74, 6) is 0.143. The molecule has 2 amide bonds. The number of carbonyl (C=O) groups excluding carboxylic acids is 2. The molecule has 1 aromatic carbocycles. The minimum Gasteiger partial charge on any atom is -0.410 e. The van der Waals surface area contributed by atoms with Crippen LogP contribution in [0.4, 0.5) is 4.79 Å². The summed E-state index contributed by atoms with van der Waals surface area (Å²) in [7, 11) is 0. The number of carbonyl (C=O) groups is 2. The molecule has 0 saturated carbocycles. The Balaban J connectivity index is 2.35. The average Bonchev–Trinajstić information content (AvgIpc) is 2.18. The molecule has 0 aromatic heterocycles. The Bertz CT molecular complexity index is 429. The van der Waals surface area contributed by atoms with E-state index in [9.17, 15) is 9.59 Å². The van der Waals surface area contributed by atoms with Gasteiger partial charge in [0.1, 0.15) is 5.75 Å². The Labute approximate surface area is 86.2 Å². The number of hydrogen-bond donors (Lipinski definition) is 2. The summed E-state index contributed by atoms with van der Waals surface area (Å²) in [6, 6.07) is 4.92. The molecule has 78 valence electrons. The van der Waals surface area contributed by atoms with Gasteiger partial charge < -0.3 is 15.8 Å². The van der Waals surface area contributed by atoms with Gasteiger partial charge in [-0.25, -0.2) is 4.79 Å². The summed E-state index contributed by atoms with van der Waals surface area (Å²) >= 11 is 0. The third-order valence-corrected chi connectivity index (χ3v) is 2.22. The molecule has 0 fully saturated rings. The SMILES string of the molecule is NC(=O)Oc1ccc2c(c1)C(=O)NCC2. The molecule has 1 aliphatic rings. The van der Waals surface area contributed by atoms with Crippen molar-refractivity contribution in [2.24, 2.45) is 5.73 Å². The van der Waals surface area contributed by atoms with Crippen LogP contribution in [-0.2, 0) is 6.42 Å². The Morgan fingerprint density at radius 3 is 3.00 bits per heavy atom. The summed E-state index contributed by atoms with van der Waals surface area (Å²) < 4.78 is 4.69. The maximum absolute atomic E-state index is 11.4. The second kappa shape index (κ2) is 3.61. The van der Waals surface area contributed by atoms with Crippen LogP contribution in [0.1, 0.15) is 15.9 Å². The van der Waals surface area contributed by atoms with E-state index in [1.54, 1.807) is 12.1 Å². The molecule has 2 rings (SSSR count). The van der Waals surface area contributed by atoms with Gasteiger partial charge >= 0.3 is 6.09 Å². The van der Waals surface area contributed by atoms with Crippen molar-refractivity contribution >= 4 is 12.0 Å². The van der Waals surface area contributed by atoms with Gasteiger partial charge in [0.15, 0.2) is 0 Å². The number of amides is 2. The van der Waals surface area contributed by atoms with E-state index in [1.165, 1.54) is 6.07 Å². The van der Waals surface area contributed by atoms with Crippen LogP contribution in [0.25, 0.3) is 0 Å². The van der Waals surface area contributed by atoms with Crippen molar-refractivity contribution in [3.63, 3.8) is 0 Å². The first kappa shape index (κ1) is 9.51. The lowest BCUT2D eigenvalue weighted by Gasteiger charge is -2.16. The smallest absolute Gasteiger partial charge is 0.409 e. The summed E-state index contributed by atoms with van der Waals surface area (Å²) in [4.78, 5) is 22.0. The first-order valence-corrected chi connectivity index (χ1v) is 4.55. The van der Waals surface area contributed by atoms with Crippen LogP contribution in [0.15, 0.2) is 18.2 Å². The molecule has 1 heterocycles. The summed E-state index contributed by atoms with van der Waals surface area (Å²) in [5.41, 5.74) is 6.37. The van der Waals surface area contributed by atoms with Gasteiger partial charge in [-0.15, -0.1) is 0 Å². The van der Waals surface area contributed by atoms with Crippen molar-refractivity contribution < 1.29 is 14.3 Å². The van der Waals surface area contributed by atoms with E-state index in [2.05, 4.69) is 10.1 Å². The van der Waals surface area contributed by atoms with E-state index >= 15 is 0 Å².